The standard InChI is InChI=1S/C16H20FN3/c1-12-8-14(17)3-2-13(12)6-7-20-11-18-9-16(20)10-19-15-4-5-15/h2-3,8-9,11,15,19H,4-7,10H2,1H3. The lowest BCUT2D eigenvalue weighted by molar-refractivity contribution is 0.602. The quantitative estimate of drug-likeness (QED) is 0.877. The van der Waals surface area contributed by atoms with Gasteiger partial charge in [0.1, 0.15) is 5.82 Å². The van der Waals surface area contributed by atoms with Gasteiger partial charge in [-0.05, 0) is 49.4 Å². The second-order valence-electron chi connectivity index (χ2n) is 5.55. The summed E-state index contributed by atoms with van der Waals surface area (Å²) in [5.41, 5.74) is 3.43. The van der Waals surface area contributed by atoms with Gasteiger partial charge in [0.15, 0.2) is 0 Å². The average Bonchev–Trinajstić information content (AvgIpc) is 3.14. The lowest BCUT2D eigenvalue weighted by atomic mass is 10.1. The van der Waals surface area contributed by atoms with Crippen LogP contribution >= 0.6 is 0 Å². The highest BCUT2D eigenvalue weighted by atomic mass is 19.1. The maximum Gasteiger partial charge on any atom is 0.123 e. The van der Waals surface area contributed by atoms with Crippen LogP contribution in [-0.2, 0) is 19.5 Å². The van der Waals surface area contributed by atoms with E-state index in [1.165, 1.54) is 30.2 Å². The molecule has 20 heavy (non-hydrogen) atoms. The van der Waals surface area contributed by atoms with E-state index in [-0.39, 0.29) is 5.82 Å². The molecule has 3 rings (SSSR count). The molecule has 1 aliphatic rings. The number of nitrogens with zero attached hydrogens (tertiary/aromatic N) is 2. The first kappa shape index (κ1) is 13.3. The van der Waals surface area contributed by atoms with Crippen LogP contribution in [0.1, 0.15) is 29.7 Å². The van der Waals surface area contributed by atoms with Crippen LogP contribution in [0.3, 0.4) is 0 Å². The number of halogens is 1. The smallest absolute Gasteiger partial charge is 0.123 e. The van der Waals surface area contributed by atoms with Gasteiger partial charge in [-0.15, -0.1) is 0 Å². The maximum atomic E-state index is 13.1. The number of imidazole rings is 1. The third kappa shape index (κ3) is 3.25. The van der Waals surface area contributed by atoms with E-state index < -0.39 is 0 Å². The largest absolute Gasteiger partial charge is 0.333 e. The van der Waals surface area contributed by atoms with Gasteiger partial charge in [-0.25, -0.2) is 9.37 Å². The molecular weight excluding hydrogens is 253 g/mol. The zero-order valence-electron chi connectivity index (χ0n) is 11.8. The van der Waals surface area contributed by atoms with Crippen molar-refractivity contribution in [2.45, 2.75) is 45.3 Å². The highest BCUT2D eigenvalue weighted by Crippen LogP contribution is 2.19. The predicted octanol–water partition coefficient (Wildman–Crippen LogP) is 2.83. The van der Waals surface area contributed by atoms with E-state index in [4.69, 9.17) is 0 Å². The Kier molecular flexibility index (Phi) is 3.83. The molecule has 3 nitrogen and oxygen atoms in total. The zero-order chi connectivity index (χ0) is 13.9. The van der Waals surface area contributed by atoms with Gasteiger partial charge < -0.3 is 9.88 Å². The maximum absolute atomic E-state index is 13.1. The topological polar surface area (TPSA) is 29.9 Å². The Morgan fingerprint density at radius 3 is 3.00 bits per heavy atom. The fraction of sp³-hybridized carbons (Fsp3) is 0.438. The van der Waals surface area contributed by atoms with Crippen molar-refractivity contribution in [2.75, 3.05) is 0 Å². The minimum absolute atomic E-state index is 0.164. The number of rotatable bonds is 6. The molecule has 1 saturated carbocycles. The van der Waals surface area contributed by atoms with E-state index in [1.54, 1.807) is 6.07 Å². The lowest BCUT2D eigenvalue weighted by Crippen LogP contribution is -2.18. The summed E-state index contributed by atoms with van der Waals surface area (Å²) >= 11 is 0. The van der Waals surface area contributed by atoms with E-state index in [0.717, 1.165) is 25.1 Å². The molecule has 0 spiro atoms. The van der Waals surface area contributed by atoms with Gasteiger partial charge in [0.25, 0.3) is 0 Å². The van der Waals surface area contributed by atoms with Crippen molar-refractivity contribution in [1.82, 2.24) is 14.9 Å². The highest BCUT2D eigenvalue weighted by Gasteiger charge is 2.20. The van der Waals surface area contributed by atoms with Gasteiger partial charge in [-0.3, -0.25) is 0 Å². The molecule has 106 valence electrons. The average molecular weight is 273 g/mol. The van der Waals surface area contributed by atoms with Gasteiger partial charge in [-0.1, -0.05) is 6.07 Å². The molecule has 0 saturated heterocycles. The molecule has 1 fully saturated rings. The van der Waals surface area contributed by atoms with E-state index in [1.807, 2.05) is 25.5 Å². The van der Waals surface area contributed by atoms with Crippen LogP contribution in [0, 0.1) is 12.7 Å². The Hall–Kier alpha value is -1.68. The molecule has 4 heteroatoms. The minimum Gasteiger partial charge on any atom is -0.333 e. The van der Waals surface area contributed by atoms with Crippen LogP contribution in [0.2, 0.25) is 0 Å². The summed E-state index contributed by atoms with van der Waals surface area (Å²) in [5.74, 6) is -0.164. The molecule has 0 unspecified atom stereocenters. The summed E-state index contributed by atoms with van der Waals surface area (Å²) in [4.78, 5) is 4.23. The van der Waals surface area contributed by atoms with Crippen molar-refractivity contribution in [3.63, 3.8) is 0 Å². The second-order valence-corrected chi connectivity index (χ2v) is 5.55. The molecule has 0 radical (unpaired) electrons. The van der Waals surface area contributed by atoms with Crippen LogP contribution in [-0.4, -0.2) is 15.6 Å². The molecule has 0 aliphatic heterocycles. The van der Waals surface area contributed by atoms with E-state index >= 15 is 0 Å². The Labute approximate surface area is 118 Å². The number of aromatic nitrogens is 2. The molecule has 1 aromatic heterocycles. The summed E-state index contributed by atoms with van der Waals surface area (Å²) in [6.45, 7) is 3.73. The van der Waals surface area contributed by atoms with E-state index in [9.17, 15) is 4.39 Å². The third-order valence-corrected chi connectivity index (χ3v) is 3.87. The van der Waals surface area contributed by atoms with Gasteiger partial charge >= 0.3 is 0 Å². The molecule has 1 heterocycles. The van der Waals surface area contributed by atoms with Crippen molar-refractivity contribution in [2.24, 2.45) is 0 Å². The van der Waals surface area contributed by atoms with E-state index in [0.29, 0.717) is 6.04 Å². The molecular formula is C16H20FN3. The van der Waals surface area contributed by atoms with Gasteiger partial charge in [0, 0.05) is 25.3 Å². The molecule has 0 bridgehead atoms. The summed E-state index contributed by atoms with van der Waals surface area (Å²) in [6, 6.07) is 5.71. The van der Waals surface area contributed by atoms with Crippen molar-refractivity contribution in [3.05, 3.63) is 53.4 Å². The van der Waals surface area contributed by atoms with Crippen molar-refractivity contribution in [3.8, 4) is 0 Å². The van der Waals surface area contributed by atoms with Crippen LogP contribution in [0.4, 0.5) is 4.39 Å². The Balaban J connectivity index is 1.61. The molecule has 1 aliphatic carbocycles. The molecule has 0 amide bonds. The lowest BCUT2D eigenvalue weighted by Gasteiger charge is -2.10. The van der Waals surface area contributed by atoms with Gasteiger partial charge in [-0.2, -0.15) is 0 Å². The normalized spacial score (nSPS) is 14.7. The summed E-state index contributed by atoms with van der Waals surface area (Å²) in [6.07, 6.45) is 7.29. The van der Waals surface area contributed by atoms with Crippen LogP contribution < -0.4 is 5.32 Å². The molecule has 1 aromatic carbocycles. The van der Waals surface area contributed by atoms with Gasteiger partial charge in [0.05, 0.1) is 12.0 Å². The number of benzene rings is 1. The Bertz CT molecular complexity index is 587. The van der Waals surface area contributed by atoms with Crippen molar-refractivity contribution < 1.29 is 4.39 Å². The van der Waals surface area contributed by atoms with Crippen molar-refractivity contribution >= 4 is 0 Å². The van der Waals surface area contributed by atoms with Crippen LogP contribution in [0.5, 0.6) is 0 Å². The number of aryl methyl sites for hydroxylation is 3. The van der Waals surface area contributed by atoms with Crippen LogP contribution in [0.25, 0.3) is 0 Å². The molecule has 1 N–H and O–H groups in total. The Morgan fingerprint density at radius 2 is 2.25 bits per heavy atom. The zero-order valence-corrected chi connectivity index (χ0v) is 11.8. The fourth-order valence-electron chi connectivity index (χ4n) is 2.41. The third-order valence-electron chi connectivity index (χ3n) is 3.87. The summed E-state index contributed by atoms with van der Waals surface area (Å²) < 4.78 is 15.3. The number of nitrogens with one attached hydrogen (secondary N) is 1. The van der Waals surface area contributed by atoms with E-state index in [2.05, 4.69) is 14.9 Å². The Morgan fingerprint density at radius 1 is 1.40 bits per heavy atom. The number of hydrogen-bond acceptors (Lipinski definition) is 2. The molecule has 0 atom stereocenters. The predicted molar refractivity (Wildman–Crippen MR) is 76.9 cm³/mol. The minimum atomic E-state index is -0.164. The SMILES string of the molecule is Cc1cc(F)ccc1CCn1cncc1CNC1CC1. The second kappa shape index (κ2) is 5.75. The van der Waals surface area contributed by atoms with Crippen molar-refractivity contribution in [1.29, 1.82) is 0 Å². The van der Waals surface area contributed by atoms with Crippen LogP contribution in [0.15, 0.2) is 30.7 Å². The molecule has 2 aromatic rings. The summed E-state index contributed by atoms with van der Waals surface area (Å²) in [7, 11) is 0. The first-order valence-corrected chi connectivity index (χ1v) is 7.20. The fourth-order valence-corrected chi connectivity index (χ4v) is 2.41. The van der Waals surface area contributed by atoms with Gasteiger partial charge in [0.2, 0.25) is 0 Å². The monoisotopic (exact) mass is 273 g/mol. The number of hydrogen-bond donors (Lipinski definition) is 1. The highest BCUT2D eigenvalue weighted by molar-refractivity contribution is 5.26. The first-order valence-electron chi connectivity index (χ1n) is 7.20. The first-order chi connectivity index (χ1) is 9.72. The summed E-state index contributed by atoms with van der Waals surface area (Å²) in [5, 5.41) is 3.51.